The Morgan fingerprint density at radius 2 is 1.86 bits per heavy atom. The topological polar surface area (TPSA) is 38.8 Å². The Morgan fingerprint density at radius 1 is 1.14 bits per heavy atom. The van der Waals surface area contributed by atoms with Crippen LogP contribution in [0.1, 0.15) is 5.56 Å². The van der Waals surface area contributed by atoms with Crippen LogP contribution in [-0.4, -0.2) is 25.3 Å². The van der Waals surface area contributed by atoms with Gasteiger partial charge in [0.25, 0.3) is 0 Å². The molecule has 1 fully saturated rings. The molecule has 0 aromatic heterocycles. The molecule has 0 radical (unpaired) electrons. The molecule has 1 atom stereocenters. The molecule has 0 saturated carbocycles. The molecule has 2 aromatic carbocycles. The zero-order valence-electron chi connectivity index (χ0n) is 11.9. The highest BCUT2D eigenvalue weighted by Crippen LogP contribution is 2.22. The molecule has 0 spiro atoms. The van der Waals surface area contributed by atoms with Crippen LogP contribution in [0.5, 0.6) is 5.75 Å². The number of amides is 1. The number of nitrogens with zero attached hydrogens (tertiary/aromatic N) is 1. The van der Waals surface area contributed by atoms with Crippen molar-refractivity contribution in [1.82, 2.24) is 0 Å². The van der Waals surface area contributed by atoms with Crippen LogP contribution in [0.3, 0.4) is 0 Å². The smallest absolute Gasteiger partial charge is 0.414 e. The summed E-state index contributed by atoms with van der Waals surface area (Å²) < 4.78 is 11.0. The highest BCUT2D eigenvalue weighted by atomic mass is 16.6. The molecule has 4 nitrogen and oxygen atoms in total. The SMILES string of the molecule is Cc1ccc(N2CC(COc3ccccc3)OC2=O)cc1. The predicted molar refractivity (Wildman–Crippen MR) is 80.7 cm³/mol. The number of para-hydroxylation sites is 1. The van der Waals surface area contributed by atoms with Gasteiger partial charge in [0.15, 0.2) is 6.10 Å². The van der Waals surface area contributed by atoms with Gasteiger partial charge in [-0.05, 0) is 31.2 Å². The second-order valence-electron chi connectivity index (χ2n) is 5.08. The van der Waals surface area contributed by atoms with E-state index in [0.717, 1.165) is 17.0 Å². The van der Waals surface area contributed by atoms with E-state index in [4.69, 9.17) is 9.47 Å². The Hall–Kier alpha value is -2.49. The van der Waals surface area contributed by atoms with Crippen molar-refractivity contribution in [1.29, 1.82) is 0 Å². The normalized spacial score (nSPS) is 17.7. The molecule has 2 aromatic rings. The van der Waals surface area contributed by atoms with Gasteiger partial charge in [0.1, 0.15) is 12.4 Å². The van der Waals surface area contributed by atoms with Crippen LogP contribution in [0.15, 0.2) is 54.6 Å². The lowest BCUT2D eigenvalue weighted by atomic mass is 10.2. The van der Waals surface area contributed by atoms with Gasteiger partial charge < -0.3 is 9.47 Å². The lowest BCUT2D eigenvalue weighted by molar-refractivity contribution is 0.105. The maximum atomic E-state index is 11.9. The van der Waals surface area contributed by atoms with Crippen molar-refractivity contribution in [3.8, 4) is 5.75 Å². The fraction of sp³-hybridized carbons (Fsp3) is 0.235. The van der Waals surface area contributed by atoms with Crippen molar-refractivity contribution >= 4 is 11.8 Å². The minimum atomic E-state index is -0.319. The van der Waals surface area contributed by atoms with Crippen LogP contribution in [-0.2, 0) is 4.74 Å². The number of aryl methyl sites for hydroxylation is 1. The van der Waals surface area contributed by atoms with Gasteiger partial charge in [0.05, 0.1) is 6.54 Å². The predicted octanol–water partition coefficient (Wildman–Crippen LogP) is 3.40. The third-order valence-corrected chi connectivity index (χ3v) is 3.40. The Bertz CT molecular complexity index is 610. The summed E-state index contributed by atoms with van der Waals surface area (Å²) >= 11 is 0. The Labute approximate surface area is 123 Å². The summed E-state index contributed by atoms with van der Waals surface area (Å²) in [7, 11) is 0. The first kappa shape index (κ1) is 13.5. The van der Waals surface area contributed by atoms with Crippen molar-refractivity contribution < 1.29 is 14.3 Å². The van der Waals surface area contributed by atoms with Crippen LogP contribution < -0.4 is 9.64 Å². The monoisotopic (exact) mass is 283 g/mol. The second kappa shape index (κ2) is 5.87. The fourth-order valence-corrected chi connectivity index (χ4v) is 2.25. The number of ether oxygens (including phenoxy) is 2. The van der Waals surface area contributed by atoms with Gasteiger partial charge in [-0.2, -0.15) is 0 Å². The molecule has 1 amide bonds. The number of carbonyl (C=O) groups is 1. The average molecular weight is 283 g/mol. The van der Waals surface area contributed by atoms with E-state index >= 15 is 0 Å². The summed E-state index contributed by atoms with van der Waals surface area (Å²) in [6.07, 6.45) is -0.570. The van der Waals surface area contributed by atoms with Gasteiger partial charge in [0, 0.05) is 5.69 Å². The van der Waals surface area contributed by atoms with E-state index in [1.807, 2.05) is 61.5 Å². The molecule has 0 N–H and O–H groups in total. The number of carbonyl (C=O) groups excluding carboxylic acids is 1. The van der Waals surface area contributed by atoms with Gasteiger partial charge in [-0.25, -0.2) is 4.79 Å². The largest absolute Gasteiger partial charge is 0.490 e. The minimum Gasteiger partial charge on any atom is -0.490 e. The molecular weight excluding hydrogens is 266 g/mol. The van der Waals surface area contributed by atoms with Crippen LogP contribution in [0, 0.1) is 6.92 Å². The minimum absolute atomic E-state index is 0.251. The first-order chi connectivity index (χ1) is 10.2. The molecule has 3 rings (SSSR count). The number of anilines is 1. The third kappa shape index (κ3) is 3.16. The molecule has 1 aliphatic heterocycles. The lowest BCUT2D eigenvalue weighted by Gasteiger charge is -2.13. The van der Waals surface area contributed by atoms with Crippen LogP contribution >= 0.6 is 0 Å². The van der Waals surface area contributed by atoms with E-state index in [0.29, 0.717) is 13.2 Å². The molecule has 4 heteroatoms. The summed E-state index contributed by atoms with van der Waals surface area (Å²) in [6, 6.07) is 17.3. The first-order valence-corrected chi connectivity index (χ1v) is 6.95. The quantitative estimate of drug-likeness (QED) is 0.863. The van der Waals surface area contributed by atoms with Gasteiger partial charge in [-0.15, -0.1) is 0 Å². The van der Waals surface area contributed by atoms with Gasteiger partial charge in [0.2, 0.25) is 0 Å². The van der Waals surface area contributed by atoms with E-state index in [1.165, 1.54) is 0 Å². The van der Waals surface area contributed by atoms with Crippen molar-refractivity contribution in [3.05, 3.63) is 60.2 Å². The maximum Gasteiger partial charge on any atom is 0.414 e. The Kier molecular flexibility index (Phi) is 3.77. The molecule has 1 saturated heterocycles. The summed E-state index contributed by atoms with van der Waals surface area (Å²) in [4.78, 5) is 13.6. The van der Waals surface area contributed by atoms with E-state index in [2.05, 4.69) is 0 Å². The zero-order chi connectivity index (χ0) is 14.7. The maximum absolute atomic E-state index is 11.9. The fourth-order valence-electron chi connectivity index (χ4n) is 2.25. The highest BCUT2D eigenvalue weighted by Gasteiger charge is 2.32. The molecule has 108 valence electrons. The zero-order valence-corrected chi connectivity index (χ0v) is 11.9. The van der Waals surface area contributed by atoms with E-state index in [9.17, 15) is 4.79 Å². The van der Waals surface area contributed by atoms with E-state index < -0.39 is 0 Å². The van der Waals surface area contributed by atoms with E-state index in [-0.39, 0.29) is 12.2 Å². The molecule has 1 heterocycles. The number of hydrogen-bond acceptors (Lipinski definition) is 3. The summed E-state index contributed by atoms with van der Waals surface area (Å²) in [5.41, 5.74) is 2.02. The number of cyclic esters (lactones) is 1. The van der Waals surface area contributed by atoms with Crippen LogP contribution in [0.2, 0.25) is 0 Å². The molecule has 1 unspecified atom stereocenters. The van der Waals surface area contributed by atoms with Crippen LogP contribution in [0.4, 0.5) is 10.5 Å². The van der Waals surface area contributed by atoms with Crippen molar-refractivity contribution in [2.45, 2.75) is 13.0 Å². The molecule has 1 aliphatic rings. The summed E-state index contributed by atoms with van der Waals surface area (Å²) in [6.45, 7) is 2.88. The van der Waals surface area contributed by atoms with Gasteiger partial charge in [-0.1, -0.05) is 35.9 Å². The second-order valence-corrected chi connectivity index (χ2v) is 5.08. The van der Waals surface area contributed by atoms with Gasteiger partial charge in [-0.3, -0.25) is 4.90 Å². The summed E-state index contributed by atoms with van der Waals surface area (Å²) in [5, 5.41) is 0. The lowest BCUT2D eigenvalue weighted by Crippen LogP contribution is -2.26. The first-order valence-electron chi connectivity index (χ1n) is 6.95. The molecule has 0 bridgehead atoms. The van der Waals surface area contributed by atoms with Crippen molar-refractivity contribution in [3.63, 3.8) is 0 Å². The average Bonchev–Trinajstić information content (AvgIpc) is 2.88. The van der Waals surface area contributed by atoms with Crippen molar-refractivity contribution in [2.24, 2.45) is 0 Å². The molecule has 0 aliphatic carbocycles. The molecule has 21 heavy (non-hydrogen) atoms. The Balaban J connectivity index is 1.61. The summed E-state index contributed by atoms with van der Waals surface area (Å²) in [5.74, 6) is 0.780. The Morgan fingerprint density at radius 3 is 2.57 bits per heavy atom. The van der Waals surface area contributed by atoms with Crippen molar-refractivity contribution in [2.75, 3.05) is 18.1 Å². The van der Waals surface area contributed by atoms with Crippen LogP contribution in [0.25, 0.3) is 0 Å². The standard InChI is InChI=1S/C17H17NO3/c1-13-7-9-14(10-8-13)18-11-16(21-17(18)19)12-20-15-5-3-2-4-6-15/h2-10,16H,11-12H2,1H3. The van der Waals surface area contributed by atoms with E-state index in [1.54, 1.807) is 4.90 Å². The number of hydrogen-bond donors (Lipinski definition) is 0. The third-order valence-electron chi connectivity index (χ3n) is 3.40. The molecular formula is C17H17NO3. The highest BCUT2D eigenvalue weighted by molar-refractivity contribution is 5.89. The van der Waals surface area contributed by atoms with Gasteiger partial charge >= 0.3 is 6.09 Å². The number of rotatable bonds is 4. The number of benzene rings is 2.